The van der Waals surface area contributed by atoms with E-state index in [2.05, 4.69) is 6.92 Å². The molecule has 0 saturated carbocycles. The van der Waals surface area contributed by atoms with Crippen molar-refractivity contribution >= 4 is 18.4 Å². The number of cyclic esters (lactones) is 1. The van der Waals surface area contributed by atoms with Crippen LogP contribution < -0.4 is 0 Å². The van der Waals surface area contributed by atoms with Crippen LogP contribution in [0, 0.1) is 5.92 Å². The van der Waals surface area contributed by atoms with Crippen molar-refractivity contribution in [3.8, 4) is 0 Å². The van der Waals surface area contributed by atoms with Gasteiger partial charge in [-0.15, -0.1) is 0 Å². The lowest BCUT2D eigenvalue weighted by Gasteiger charge is -2.35. The van der Waals surface area contributed by atoms with E-state index < -0.39 is 24.1 Å². The molecule has 222 valence electrons. The maximum atomic E-state index is 14.3. The molecule has 1 saturated heterocycles. The van der Waals surface area contributed by atoms with Crippen LogP contribution in [0.3, 0.4) is 0 Å². The predicted octanol–water partition coefficient (Wildman–Crippen LogP) is 5.95. The minimum atomic E-state index is -0.759. The molecule has 0 N–H and O–H groups in total. The number of rotatable bonds is 17. The Balaban J connectivity index is 1.59. The van der Waals surface area contributed by atoms with Gasteiger partial charge in [-0.25, -0.2) is 14.8 Å². The molecular weight excluding hydrogens is 532 g/mol. The number of hydroxylamine groups is 2. The van der Waals surface area contributed by atoms with E-state index in [1.54, 1.807) is 0 Å². The number of carbonyl (C=O) groups is 3. The van der Waals surface area contributed by atoms with Crippen molar-refractivity contribution in [3.63, 3.8) is 0 Å². The van der Waals surface area contributed by atoms with Gasteiger partial charge in [0.25, 0.3) is 0 Å². The van der Waals surface area contributed by atoms with Crippen LogP contribution in [0.15, 0.2) is 91.0 Å². The molecule has 0 bridgehead atoms. The molecule has 0 radical (unpaired) electrons. The predicted molar refractivity (Wildman–Crippen MR) is 159 cm³/mol. The largest absolute Gasteiger partial charge is 0.447 e. The van der Waals surface area contributed by atoms with E-state index in [9.17, 15) is 14.4 Å². The van der Waals surface area contributed by atoms with Crippen LogP contribution in [0.5, 0.6) is 0 Å². The third kappa shape index (κ3) is 8.74. The summed E-state index contributed by atoms with van der Waals surface area (Å²) < 4.78 is 11.5. The van der Waals surface area contributed by atoms with Gasteiger partial charge in [-0.1, -0.05) is 117 Å². The van der Waals surface area contributed by atoms with Crippen molar-refractivity contribution in [1.82, 2.24) is 9.96 Å². The third-order valence-corrected chi connectivity index (χ3v) is 7.47. The molecule has 3 atom stereocenters. The number of hydrogen-bond donors (Lipinski definition) is 0. The Labute approximate surface area is 248 Å². The summed E-state index contributed by atoms with van der Waals surface area (Å²) in [6, 6.07) is 27.7. The topological polar surface area (TPSA) is 85.4 Å². The van der Waals surface area contributed by atoms with Crippen LogP contribution in [0.2, 0.25) is 0 Å². The van der Waals surface area contributed by atoms with Gasteiger partial charge in [0.2, 0.25) is 12.3 Å². The number of carbonyl (C=O) groups excluding carboxylic acids is 3. The Morgan fingerprint density at radius 1 is 0.929 bits per heavy atom. The average molecular weight is 573 g/mol. The summed E-state index contributed by atoms with van der Waals surface area (Å²) in [5, 5.41) is 1.19. The lowest BCUT2D eigenvalue weighted by molar-refractivity contribution is -0.208. The van der Waals surface area contributed by atoms with E-state index in [4.69, 9.17) is 14.3 Å². The highest BCUT2D eigenvalue weighted by atomic mass is 16.7. The highest BCUT2D eigenvalue weighted by Gasteiger charge is 2.44. The molecular formula is C34H40N2O6. The number of nitrogens with zero attached hydrogens (tertiary/aromatic N) is 2. The van der Waals surface area contributed by atoms with Crippen molar-refractivity contribution in [1.29, 1.82) is 0 Å². The van der Waals surface area contributed by atoms with Crippen LogP contribution >= 0.6 is 0 Å². The number of hydrogen-bond acceptors (Lipinski definition) is 6. The minimum absolute atomic E-state index is 0.0528. The molecule has 3 amide bonds. The Bertz CT molecular complexity index is 1240. The Morgan fingerprint density at radius 2 is 1.52 bits per heavy atom. The fraction of sp³-hybridized carbons (Fsp3) is 0.382. The van der Waals surface area contributed by atoms with Gasteiger partial charge in [0.05, 0.1) is 31.2 Å². The summed E-state index contributed by atoms with van der Waals surface area (Å²) in [5.74, 6) is -1.12. The summed E-state index contributed by atoms with van der Waals surface area (Å²) >= 11 is 0. The van der Waals surface area contributed by atoms with Gasteiger partial charge in [0.15, 0.2) is 0 Å². The van der Waals surface area contributed by atoms with Gasteiger partial charge in [-0.05, 0) is 29.5 Å². The molecule has 1 aliphatic heterocycles. The molecule has 0 spiro atoms. The third-order valence-electron chi connectivity index (χ3n) is 7.47. The smallest absolute Gasteiger partial charge is 0.416 e. The molecule has 8 heteroatoms. The standard InChI is InChI=1S/C34H40N2O6/c1-2-3-7-20-31(33(38)36-30(24-41-34(36)39)21-27-14-8-4-9-15-27)32(25-40-22-28-16-10-5-11-17-28)35(26-37)42-23-29-18-12-6-13-19-29/h4-6,8-19,26,30-32H,2-3,7,20-25H2,1H3. The van der Waals surface area contributed by atoms with E-state index >= 15 is 0 Å². The van der Waals surface area contributed by atoms with Crippen molar-refractivity contribution < 1.29 is 28.7 Å². The van der Waals surface area contributed by atoms with Gasteiger partial charge in [0, 0.05) is 0 Å². The molecule has 3 aromatic carbocycles. The van der Waals surface area contributed by atoms with E-state index in [-0.39, 0.29) is 25.7 Å². The van der Waals surface area contributed by atoms with Gasteiger partial charge < -0.3 is 9.47 Å². The second-order valence-electron chi connectivity index (χ2n) is 10.5. The van der Waals surface area contributed by atoms with Gasteiger partial charge >= 0.3 is 6.09 Å². The lowest BCUT2D eigenvalue weighted by atomic mass is 9.91. The zero-order valence-electron chi connectivity index (χ0n) is 24.2. The first-order chi connectivity index (χ1) is 20.6. The first kappa shape index (κ1) is 30.9. The summed E-state index contributed by atoms with van der Waals surface area (Å²) in [6.45, 7) is 2.72. The number of ether oxygens (including phenoxy) is 2. The lowest BCUT2D eigenvalue weighted by Crippen LogP contribution is -2.52. The van der Waals surface area contributed by atoms with E-state index in [1.807, 2.05) is 91.0 Å². The zero-order valence-corrected chi connectivity index (χ0v) is 24.2. The van der Waals surface area contributed by atoms with Crippen LogP contribution in [0.1, 0.15) is 49.3 Å². The van der Waals surface area contributed by atoms with E-state index in [0.717, 1.165) is 36.0 Å². The van der Waals surface area contributed by atoms with Gasteiger partial charge in [-0.3, -0.25) is 14.4 Å². The molecule has 1 heterocycles. The fourth-order valence-corrected chi connectivity index (χ4v) is 5.21. The highest BCUT2D eigenvalue weighted by molar-refractivity contribution is 5.95. The quantitative estimate of drug-likeness (QED) is 0.113. The number of amides is 3. The molecule has 1 fully saturated rings. The Hall–Kier alpha value is -4.01. The molecule has 42 heavy (non-hydrogen) atoms. The van der Waals surface area contributed by atoms with Gasteiger partial charge in [-0.2, -0.15) is 0 Å². The SMILES string of the molecule is CCCCCC(C(=O)N1C(=O)OCC1Cc1ccccc1)C(COCc1ccccc1)N(C=O)OCc1ccccc1. The molecule has 1 aliphatic rings. The van der Waals surface area contributed by atoms with Crippen molar-refractivity contribution in [2.24, 2.45) is 5.92 Å². The number of benzene rings is 3. The molecule has 3 aromatic rings. The van der Waals surface area contributed by atoms with Crippen LogP contribution in [-0.4, -0.2) is 53.7 Å². The summed E-state index contributed by atoms with van der Waals surface area (Å²) in [4.78, 5) is 47.0. The monoisotopic (exact) mass is 572 g/mol. The maximum Gasteiger partial charge on any atom is 0.416 e. The maximum absolute atomic E-state index is 14.3. The number of imide groups is 1. The molecule has 0 aliphatic carbocycles. The highest BCUT2D eigenvalue weighted by Crippen LogP contribution is 2.27. The summed E-state index contributed by atoms with van der Waals surface area (Å²) in [6.07, 6.45) is 3.51. The molecule has 8 nitrogen and oxygen atoms in total. The zero-order chi connectivity index (χ0) is 29.6. The molecule has 3 unspecified atom stereocenters. The number of unbranched alkanes of at least 4 members (excludes halogenated alkanes) is 2. The first-order valence-electron chi connectivity index (χ1n) is 14.7. The normalized spacial score (nSPS) is 16.1. The second kappa shape index (κ2) is 16.4. The van der Waals surface area contributed by atoms with Crippen LogP contribution in [0.25, 0.3) is 0 Å². The average Bonchev–Trinajstić information content (AvgIpc) is 3.39. The van der Waals surface area contributed by atoms with E-state index in [0.29, 0.717) is 25.9 Å². The van der Waals surface area contributed by atoms with Crippen molar-refractivity contribution in [2.45, 2.75) is 64.3 Å². The first-order valence-corrected chi connectivity index (χ1v) is 14.7. The van der Waals surface area contributed by atoms with Crippen LogP contribution in [0.4, 0.5) is 4.79 Å². The summed E-state index contributed by atoms with van der Waals surface area (Å²) in [5.41, 5.74) is 2.86. The summed E-state index contributed by atoms with van der Waals surface area (Å²) in [7, 11) is 0. The minimum Gasteiger partial charge on any atom is -0.447 e. The molecule has 4 rings (SSSR count). The Kier molecular flexibility index (Phi) is 12.1. The second-order valence-corrected chi connectivity index (χ2v) is 10.5. The van der Waals surface area contributed by atoms with E-state index in [1.165, 1.54) is 9.96 Å². The van der Waals surface area contributed by atoms with Gasteiger partial charge in [0.1, 0.15) is 13.2 Å². The molecule has 0 aromatic heterocycles. The van der Waals surface area contributed by atoms with Crippen LogP contribution in [-0.2, 0) is 43.5 Å². The Morgan fingerprint density at radius 3 is 2.12 bits per heavy atom. The fourth-order valence-electron chi connectivity index (χ4n) is 5.21. The van der Waals surface area contributed by atoms with Crippen molar-refractivity contribution in [3.05, 3.63) is 108 Å². The van der Waals surface area contributed by atoms with Crippen molar-refractivity contribution in [2.75, 3.05) is 13.2 Å².